The van der Waals surface area contributed by atoms with Crippen molar-refractivity contribution in [2.75, 3.05) is 20.1 Å². The largest absolute Gasteiger partial charge is 0.306 e. The van der Waals surface area contributed by atoms with Gasteiger partial charge in [0.05, 0.1) is 0 Å². The number of rotatable bonds is 6. The number of hydrogen-bond donors (Lipinski definition) is 0. The summed E-state index contributed by atoms with van der Waals surface area (Å²) in [5.41, 5.74) is 1.45. The molecular weight excluding hydrogens is 182 g/mol. The van der Waals surface area contributed by atoms with Crippen molar-refractivity contribution in [3.05, 3.63) is 35.9 Å². The lowest BCUT2D eigenvalue weighted by molar-refractivity contribution is 0.292. The molecule has 0 radical (unpaired) electrons. The molecule has 0 aliphatic rings. The van der Waals surface area contributed by atoms with Crippen molar-refractivity contribution in [2.24, 2.45) is 5.92 Å². The highest BCUT2D eigenvalue weighted by atomic mass is 15.1. The molecule has 1 heteroatoms. The van der Waals surface area contributed by atoms with Gasteiger partial charge in [0.2, 0.25) is 0 Å². The fourth-order valence-electron chi connectivity index (χ4n) is 1.91. The third-order valence-corrected chi connectivity index (χ3v) is 2.52. The summed E-state index contributed by atoms with van der Waals surface area (Å²) >= 11 is 0. The standard InChI is InChI=1S/C14H23N/c1-13(2)12-15(3)11-7-10-14-8-5-4-6-9-14/h4-6,8-9,13H,7,10-12H2,1-3H3. The summed E-state index contributed by atoms with van der Waals surface area (Å²) in [4.78, 5) is 2.42. The average Bonchev–Trinajstić information content (AvgIpc) is 2.18. The maximum Gasteiger partial charge on any atom is 0.000133 e. The first-order valence-corrected chi connectivity index (χ1v) is 5.91. The Labute approximate surface area is 94.1 Å². The van der Waals surface area contributed by atoms with E-state index >= 15 is 0 Å². The molecule has 0 N–H and O–H groups in total. The van der Waals surface area contributed by atoms with E-state index in [1.165, 1.54) is 31.5 Å². The number of hydrogen-bond acceptors (Lipinski definition) is 1. The highest BCUT2D eigenvalue weighted by Crippen LogP contribution is 2.04. The van der Waals surface area contributed by atoms with Gasteiger partial charge < -0.3 is 4.90 Å². The van der Waals surface area contributed by atoms with E-state index in [1.54, 1.807) is 0 Å². The van der Waals surface area contributed by atoms with E-state index in [4.69, 9.17) is 0 Å². The molecule has 0 saturated carbocycles. The van der Waals surface area contributed by atoms with Crippen molar-refractivity contribution >= 4 is 0 Å². The molecule has 0 aliphatic carbocycles. The topological polar surface area (TPSA) is 3.24 Å². The van der Waals surface area contributed by atoms with Gasteiger partial charge in [-0.1, -0.05) is 44.2 Å². The van der Waals surface area contributed by atoms with Crippen molar-refractivity contribution in [3.63, 3.8) is 0 Å². The van der Waals surface area contributed by atoms with Gasteiger partial charge in [0.1, 0.15) is 0 Å². The van der Waals surface area contributed by atoms with Gasteiger partial charge in [0, 0.05) is 6.54 Å². The van der Waals surface area contributed by atoms with Crippen LogP contribution in [0.4, 0.5) is 0 Å². The van der Waals surface area contributed by atoms with Gasteiger partial charge in [-0.2, -0.15) is 0 Å². The van der Waals surface area contributed by atoms with Crippen molar-refractivity contribution in [3.8, 4) is 0 Å². The van der Waals surface area contributed by atoms with Crippen LogP contribution in [0.15, 0.2) is 30.3 Å². The highest BCUT2D eigenvalue weighted by Gasteiger charge is 2.01. The molecule has 0 unspecified atom stereocenters. The molecule has 0 saturated heterocycles. The van der Waals surface area contributed by atoms with Crippen LogP contribution in [0.25, 0.3) is 0 Å². The summed E-state index contributed by atoms with van der Waals surface area (Å²) in [6.07, 6.45) is 2.45. The fourth-order valence-corrected chi connectivity index (χ4v) is 1.91. The maximum atomic E-state index is 2.42. The molecule has 0 aromatic heterocycles. The predicted molar refractivity (Wildman–Crippen MR) is 67.1 cm³/mol. The fraction of sp³-hybridized carbons (Fsp3) is 0.571. The molecule has 1 aromatic rings. The Morgan fingerprint density at radius 1 is 1.13 bits per heavy atom. The summed E-state index contributed by atoms with van der Waals surface area (Å²) in [6.45, 7) is 6.95. The maximum absolute atomic E-state index is 2.42. The molecule has 0 fully saturated rings. The molecular formula is C14H23N. The summed E-state index contributed by atoms with van der Waals surface area (Å²) in [6, 6.07) is 10.7. The van der Waals surface area contributed by atoms with E-state index in [2.05, 4.69) is 56.1 Å². The highest BCUT2D eigenvalue weighted by molar-refractivity contribution is 5.14. The van der Waals surface area contributed by atoms with E-state index in [9.17, 15) is 0 Å². The van der Waals surface area contributed by atoms with Crippen molar-refractivity contribution in [1.29, 1.82) is 0 Å². The van der Waals surface area contributed by atoms with Crippen LogP contribution in [0.3, 0.4) is 0 Å². The normalized spacial score (nSPS) is 11.3. The van der Waals surface area contributed by atoms with Crippen LogP contribution >= 0.6 is 0 Å². The minimum atomic E-state index is 0.770. The zero-order valence-corrected chi connectivity index (χ0v) is 10.2. The van der Waals surface area contributed by atoms with Gasteiger partial charge in [-0.3, -0.25) is 0 Å². The summed E-state index contributed by atoms with van der Waals surface area (Å²) in [5.74, 6) is 0.770. The van der Waals surface area contributed by atoms with E-state index in [0.29, 0.717) is 0 Å². The molecule has 0 amide bonds. The Morgan fingerprint density at radius 2 is 1.80 bits per heavy atom. The second kappa shape index (κ2) is 6.62. The van der Waals surface area contributed by atoms with Crippen LogP contribution in [0.5, 0.6) is 0 Å². The zero-order chi connectivity index (χ0) is 11.1. The minimum Gasteiger partial charge on any atom is -0.306 e. The molecule has 0 bridgehead atoms. The summed E-state index contributed by atoms with van der Waals surface area (Å²) in [7, 11) is 2.21. The number of aryl methyl sites for hydroxylation is 1. The quantitative estimate of drug-likeness (QED) is 0.689. The molecule has 0 spiro atoms. The lowest BCUT2D eigenvalue weighted by atomic mass is 10.1. The molecule has 0 heterocycles. The van der Waals surface area contributed by atoms with Crippen LogP contribution in [0.1, 0.15) is 25.8 Å². The summed E-state index contributed by atoms with van der Waals surface area (Å²) in [5, 5.41) is 0. The third kappa shape index (κ3) is 5.58. The third-order valence-electron chi connectivity index (χ3n) is 2.52. The first kappa shape index (κ1) is 12.3. The minimum absolute atomic E-state index is 0.770. The van der Waals surface area contributed by atoms with Crippen LogP contribution in [-0.4, -0.2) is 25.0 Å². The molecule has 0 aliphatic heterocycles. The first-order valence-electron chi connectivity index (χ1n) is 5.91. The molecule has 1 aromatic carbocycles. The van der Waals surface area contributed by atoms with Crippen molar-refractivity contribution in [1.82, 2.24) is 4.90 Å². The second-order valence-electron chi connectivity index (χ2n) is 4.75. The Kier molecular flexibility index (Phi) is 5.41. The SMILES string of the molecule is CC(C)CN(C)CCCc1ccccc1. The van der Waals surface area contributed by atoms with E-state index in [1.807, 2.05) is 0 Å². The van der Waals surface area contributed by atoms with Crippen LogP contribution in [-0.2, 0) is 6.42 Å². The Bertz CT molecular complexity index is 253. The van der Waals surface area contributed by atoms with E-state index in [0.717, 1.165) is 5.92 Å². The van der Waals surface area contributed by atoms with Gasteiger partial charge in [0.15, 0.2) is 0 Å². The smallest absolute Gasteiger partial charge is 0.000133 e. The summed E-state index contributed by atoms with van der Waals surface area (Å²) < 4.78 is 0. The Balaban J connectivity index is 2.16. The van der Waals surface area contributed by atoms with Gasteiger partial charge >= 0.3 is 0 Å². The molecule has 84 valence electrons. The number of benzene rings is 1. The Morgan fingerprint density at radius 3 is 2.40 bits per heavy atom. The van der Waals surface area contributed by atoms with E-state index < -0.39 is 0 Å². The molecule has 0 atom stereocenters. The van der Waals surface area contributed by atoms with E-state index in [-0.39, 0.29) is 0 Å². The van der Waals surface area contributed by atoms with Crippen LogP contribution < -0.4 is 0 Å². The number of nitrogens with zero attached hydrogens (tertiary/aromatic N) is 1. The van der Waals surface area contributed by atoms with Crippen molar-refractivity contribution in [2.45, 2.75) is 26.7 Å². The van der Waals surface area contributed by atoms with Crippen molar-refractivity contribution < 1.29 is 0 Å². The second-order valence-corrected chi connectivity index (χ2v) is 4.75. The average molecular weight is 205 g/mol. The lowest BCUT2D eigenvalue weighted by Gasteiger charge is -2.18. The van der Waals surface area contributed by atoms with Crippen LogP contribution in [0.2, 0.25) is 0 Å². The lowest BCUT2D eigenvalue weighted by Crippen LogP contribution is -2.24. The predicted octanol–water partition coefficient (Wildman–Crippen LogP) is 3.21. The zero-order valence-electron chi connectivity index (χ0n) is 10.2. The Hall–Kier alpha value is -0.820. The molecule has 15 heavy (non-hydrogen) atoms. The van der Waals surface area contributed by atoms with Gasteiger partial charge in [0.25, 0.3) is 0 Å². The van der Waals surface area contributed by atoms with Gasteiger partial charge in [-0.15, -0.1) is 0 Å². The first-order chi connectivity index (χ1) is 7.18. The van der Waals surface area contributed by atoms with Gasteiger partial charge in [-0.25, -0.2) is 0 Å². The molecule has 1 rings (SSSR count). The monoisotopic (exact) mass is 205 g/mol. The van der Waals surface area contributed by atoms with Crippen LogP contribution in [0, 0.1) is 5.92 Å². The van der Waals surface area contributed by atoms with Gasteiger partial charge in [-0.05, 0) is 37.9 Å². The molecule has 1 nitrogen and oxygen atoms in total.